The molecule has 0 aromatic heterocycles. The van der Waals surface area contributed by atoms with E-state index in [4.69, 9.17) is 0 Å². The van der Waals surface area contributed by atoms with E-state index in [1.54, 1.807) is 0 Å². The smallest absolute Gasteiger partial charge is 0.00160 e. The average Bonchev–Trinajstić information content (AvgIpc) is 2.16. The Morgan fingerprint density at radius 2 is 1.73 bits per heavy atom. The number of likely N-dealkylation sites (tertiary alicyclic amines) is 1. The maximum absolute atomic E-state index is 2.59. The van der Waals surface area contributed by atoms with Gasteiger partial charge in [0, 0.05) is 0 Å². The van der Waals surface area contributed by atoms with Crippen LogP contribution in [0.2, 0.25) is 0 Å². The highest BCUT2D eigenvalue weighted by atomic mass is 15.1. The second kappa shape index (κ2) is 5.34. The zero-order valence-corrected chi connectivity index (χ0v) is 11.3. The van der Waals surface area contributed by atoms with Crippen LogP contribution < -0.4 is 0 Å². The fourth-order valence-corrected chi connectivity index (χ4v) is 3.25. The van der Waals surface area contributed by atoms with Crippen LogP contribution >= 0.6 is 0 Å². The van der Waals surface area contributed by atoms with Crippen molar-refractivity contribution >= 4 is 0 Å². The van der Waals surface area contributed by atoms with Crippen molar-refractivity contribution in [2.24, 2.45) is 17.3 Å². The molecule has 0 aromatic carbocycles. The van der Waals surface area contributed by atoms with E-state index in [1.165, 1.54) is 38.9 Å². The first-order chi connectivity index (χ1) is 6.95. The van der Waals surface area contributed by atoms with Crippen molar-refractivity contribution in [1.82, 2.24) is 4.90 Å². The molecule has 90 valence electrons. The van der Waals surface area contributed by atoms with Crippen LogP contribution in [0.1, 0.15) is 53.9 Å². The first-order valence-electron chi connectivity index (χ1n) is 6.68. The summed E-state index contributed by atoms with van der Waals surface area (Å²) < 4.78 is 0. The molecule has 1 heterocycles. The Kier molecular flexibility index (Phi) is 4.64. The van der Waals surface area contributed by atoms with Crippen LogP contribution in [-0.4, -0.2) is 24.5 Å². The van der Waals surface area contributed by atoms with E-state index in [9.17, 15) is 0 Å². The van der Waals surface area contributed by atoms with Gasteiger partial charge >= 0.3 is 0 Å². The summed E-state index contributed by atoms with van der Waals surface area (Å²) in [7, 11) is 0. The Bertz CT molecular complexity index is 176. The standard InChI is InChI=1S/C14H29N/c1-6-15-9-7-13(8-10-15)14(4,5)11-12(2)3/h12-13H,6-11H2,1-5H3. The van der Waals surface area contributed by atoms with Gasteiger partial charge in [-0.3, -0.25) is 0 Å². The molecular weight excluding hydrogens is 182 g/mol. The third-order valence-corrected chi connectivity index (χ3v) is 4.07. The quantitative estimate of drug-likeness (QED) is 0.684. The Hall–Kier alpha value is -0.0400. The Morgan fingerprint density at radius 3 is 2.13 bits per heavy atom. The molecule has 0 unspecified atom stereocenters. The molecule has 1 rings (SSSR count). The molecule has 1 heteroatoms. The molecule has 1 saturated heterocycles. The van der Waals surface area contributed by atoms with Gasteiger partial charge in [-0.1, -0.05) is 34.6 Å². The zero-order chi connectivity index (χ0) is 11.5. The van der Waals surface area contributed by atoms with E-state index in [-0.39, 0.29) is 0 Å². The molecule has 0 aliphatic carbocycles. The maximum Gasteiger partial charge on any atom is -0.00160 e. The molecule has 1 fully saturated rings. The highest BCUT2D eigenvalue weighted by Gasteiger charge is 2.32. The predicted molar refractivity (Wildman–Crippen MR) is 68.1 cm³/mol. The van der Waals surface area contributed by atoms with Crippen molar-refractivity contribution in [1.29, 1.82) is 0 Å². The fourth-order valence-electron chi connectivity index (χ4n) is 3.25. The third kappa shape index (κ3) is 3.79. The van der Waals surface area contributed by atoms with Gasteiger partial charge in [0.15, 0.2) is 0 Å². The number of hydrogen-bond donors (Lipinski definition) is 0. The van der Waals surface area contributed by atoms with Gasteiger partial charge < -0.3 is 4.90 Å². The normalized spacial score (nSPS) is 21.2. The van der Waals surface area contributed by atoms with Gasteiger partial charge in [-0.05, 0) is 56.1 Å². The monoisotopic (exact) mass is 211 g/mol. The zero-order valence-electron chi connectivity index (χ0n) is 11.3. The second-order valence-electron chi connectivity index (χ2n) is 6.30. The Morgan fingerprint density at radius 1 is 1.20 bits per heavy atom. The summed E-state index contributed by atoms with van der Waals surface area (Å²) in [6.07, 6.45) is 4.20. The minimum Gasteiger partial charge on any atom is -0.304 e. The van der Waals surface area contributed by atoms with Crippen molar-refractivity contribution in [2.75, 3.05) is 19.6 Å². The Labute approximate surface area is 96.2 Å². The van der Waals surface area contributed by atoms with Crippen molar-refractivity contribution in [2.45, 2.75) is 53.9 Å². The number of hydrogen-bond acceptors (Lipinski definition) is 1. The first-order valence-corrected chi connectivity index (χ1v) is 6.68. The van der Waals surface area contributed by atoms with Crippen LogP contribution in [0, 0.1) is 17.3 Å². The van der Waals surface area contributed by atoms with Gasteiger partial charge in [0.2, 0.25) is 0 Å². The Balaban J connectivity index is 2.44. The predicted octanol–water partition coefficient (Wildman–Crippen LogP) is 3.79. The lowest BCUT2D eigenvalue weighted by Crippen LogP contribution is -2.39. The lowest BCUT2D eigenvalue weighted by atomic mass is 9.69. The first kappa shape index (κ1) is 13.0. The van der Waals surface area contributed by atoms with Gasteiger partial charge in [0.25, 0.3) is 0 Å². The van der Waals surface area contributed by atoms with Crippen molar-refractivity contribution in [3.8, 4) is 0 Å². The van der Waals surface area contributed by atoms with Crippen molar-refractivity contribution in [3.63, 3.8) is 0 Å². The lowest BCUT2D eigenvalue weighted by Gasteiger charge is -2.41. The van der Waals surface area contributed by atoms with Crippen LogP contribution in [0.15, 0.2) is 0 Å². The summed E-state index contributed by atoms with van der Waals surface area (Å²) >= 11 is 0. The molecule has 1 nitrogen and oxygen atoms in total. The van der Waals surface area contributed by atoms with E-state index in [1.807, 2.05) is 0 Å². The maximum atomic E-state index is 2.59. The molecule has 0 radical (unpaired) electrons. The summed E-state index contributed by atoms with van der Waals surface area (Å²) in [4.78, 5) is 2.59. The molecule has 0 atom stereocenters. The van der Waals surface area contributed by atoms with Crippen molar-refractivity contribution in [3.05, 3.63) is 0 Å². The van der Waals surface area contributed by atoms with E-state index < -0.39 is 0 Å². The third-order valence-electron chi connectivity index (χ3n) is 4.07. The summed E-state index contributed by atoms with van der Waals surface area (Å²) in [5, 5.41) is 0. The van der Waals surface area contributed by atoms with Crippen LogP contribution in [0.3, 0.4) is 0 Å². The highest BCUT2D eigenvalue weighted by Crippen LogP contribution is 2.39. The van der Waals surface area contributed by atoms with Gasteiger partial charge in [-0.2, -0.15) is 0 Å². The molecule has 0 aromatic rings. The van der Waals surface area contributed by atoms with Crippen LogP contribution in [0.25, 0.3) is 0 Å². The minimum absolute atomic E-state index is 0.550. The van der Waals surface area contributed by atoms with Crippen LogP contribution in [0.4, 0.5) is 0 Å². The lowest BCUT2D eigenvalue weighted by molar-refractivity contribution is 0.0867. The van der Waals surface area contributed by atoms with Gasteiger partial charge in [0.05, 0.1) is 0 Å². The van der Waals surface area contributed by atoms with E-state index in [2.05, 4.69) is 39.5 Å². The molecule has 1 aliphatic heterocycles. The van der Waals surface area contributed by atoms with Crippen molar-refractivity contribution < 1.29 is 0 Å². The average molecular weight is 211 g/mol. The molecule has 0 N–H and O–H groups in total. The molecule has 0 spiro atoms. The minimum atomic E-state index is 0.550. The number of nitrogens with zero attached hydrogens (tertiary/aromatic N) is 1. The molecule has 15 heavy (non-hydrogen) atoms. The molecule has 0 saturated carbocycles. The number of rotatable bonds is 4. The molecule has 0 bridgehead atoms. The molecule has 0 amide bonds. The van der Waals surface area contributed by atoms with Gasteiger partial charge in [-0.25, -0.2) is 0 Å². The summed E-state index contributed by atoms with van der Waals surface area (Å²) in [5.74, 6) is 1.78. The fraction of sp³-hybridized carbons (Fsp3) is 1.00. The van der Waals surface area contributed by atoms with E-state index in [0.717, 1.165) is 11.8 Å². The summed E-state index contributed by atoms with van der Waals surface area (Å²) in [6, 6.07) is 0. The molecular formula is C14H29N. The molecule has 1 aliphatic rings. The van der Waals surface area contributed by atoms with Gasteiger partial charge in [0.1, 0.15) is 0 Å². The second-order valence-corrected chi connectivity index (χ2v) is 6.30. The largest absolute Gasteiger partial charge is 0.304 e. The van der Waals surface area contributed by atoms with Crippen LogP contribution in [-0.2, 0) is 0 Å². The SMILES string of the molecule is CCN1CCC(C(C)(C)CC(C)C)CC1. The van der Waals surface area contributed by atoms with E-state index in [0.29, 0.717) is 5.41 Å². The topological polar surface area (TPSA) is 3.24 Å². The summed E-state index contributed by atoms with van der Waals surface area (Å²) in [5.41, 5.74) is 0.550. The summed E-state index contributed by atoms with van der Waals surface area (Å²) in [6.45, 7) is 15.8. The van der Waals surface area contributed by atoms with E-state index >= 15 is 0 Å². The van der Waals surface area contributed by atoms with Crippen LogP contribution in [0.5, 0.6) is 0 Å². The number of piperidine rings is 1. The van der Waals surface area contributed by atoms with Gasteiger partial charge in [-0.15, -0.1) is 0 Å². The highest BCUT2D eigenvalue weighted by molar-refractivity contribution is 4.83.